The molecular weight excluding hydrogens is 318 g/mol. The highest BCUT2D eigenvalue weighted by atomic mass is 79.9. The van der Waals surface area contributed by atoms with E-state index >= 15 is 0 Å². The standard InChI is InChI=1S/C16H22BrNO2/c1-16(2)9-5-4-6-14(16)18-15(19)12-8-7-11(17)10-13(12)20-3/h7-8,10,14H,4-6,9H2,1-3H3,(H,18,19). The van der Waals surface area contributed by atoms with Crippen LogP contribution < -0.4 is 10.1 Å². The minimum absolute atomic E-state index is 0.0469. The van der Waals surface area contributed by atoms with Gasteiger partial charge in [-0.15, -0.1) is 0 Å². The van der Waals surface area contributed by atoms with Gasteiger partial charge in [-0.2, -0.15) is 0 Å². The Morgan fingerprint density at radius 2 is 2.15 bits per heavy atom. The number of carbonyl (C=O) groups excluding carboxylic acids is 1. The van der Waals surface area contributed by atoms with Crippen LogP contribution in [0.25, 0.3) is 0 Å². The molecule has 3 nitrogen and oxygen atoms in total. The number of rotatable bonds is 3. The van der Waals surface area contributed by atoms with Gasteiger partial charge in [0.05, 0.1) is 12.7 Å². The number of nitrogens with one attached hydrogen (secondary N) is 1. The van der Waals surface area contributed by atoms with Crippen molar-refractivity contribution in [2.75, 3.05) is 7.11 Å². The fourth-order valence-electron chi connectivity index (χ4n) is 2.85. The second-order valence-electron chi connectivity index (χ2n) is 6.11. The van der Waals surface area contributed by atoms with Crippen LogP contribution in [0.2, 0.25) is 0 Å². The lowest BCUT2D eigenvalue weighted by Crippen LogP contribution is -2.46. The Hall–Kier alpha value is -1.03. The van der Waals surface area contributed by atoms with Crippen LogP contribution in [0, 0.1) is 5.41 Å². The molecule has 4 heteroatoms. The molecule has 1 fully saturated rings. The summed E-state index contributed by atoms with van der Waals surface area (Å²) in [6, 6.07) is 5.72. The molecule has 0 spiro atoms. The second-order valence-corrected chi connectivity index (χ2v) is 7.02. The average molecular weight is 340 g/mol. The van der Waals surface area contributed by atoms with E-state index in [2.05, 4.69) is 35.1 Å². The molecule has 1 N–H and O–H groups in total. The van der Waals surface area contributed by atoms with Crippen molar-refractivity contribution in [1.82, 2.24) is 5.32 Å². The summed E-state index contributed by atoms with van der Waals surface area (Å²) in [5, 5.41) is 3.19. The largest absolute Gasteiger partial charge is 0.496 e. The zero-order valence-corrected chi connectivity index (χ0v) is 13.9. The number of carbonyl (C=O) groups is 1. The SMILES string of the molecule is COc1cc(Br)ccc1C(=O)NC1CCCCC1(C)C. The van der Waals surface area contributed by atoms with Crippen molar-refractivity contribution in [2.45, 2.75) is 45.6 Å². The monoisotopic (exact) mass is 339 g/mol. The topological polar surface area (TPSA) is 38.3 Å². The van der Waals surface area contributed by atoms with Gasteiger partial charge in [0.25, 0.3) is 5.91 Å². The van der Waals surface area contributed by atoms with Crippen LogP contribution in [0.15, 0.2) is 22.7 Å². The molecule has 0 heterocycles. The predicted molar refractivity (Wildman–Crippen MR) is 84.2 cm³/mol. The summed E-state index contributed by atoms with van der Waals surface area (Å²) < 4.78 is 6.20. The van der Waals surface area contributed by atoms with E-state index in [1.165, 1.54) is 12.8 Å². The van der Waals surface area contributed by atoms with Crippen molar-refractivity contribution >= 4 is 21.8 Å². The number of benzene rings is 1. The van der Waals surface area contributed by atoms with Gasteiger partial charge in [-0.3, -0.25) is 4.79 Å². The molecule has 0 aromatic heterocycles. The van der Waals surface area contributed by atoms with Crippen molar-refractivity contribution in [3.63, 3.8) is 0 Å². The highest BCUT2D eigenvalue weighted by Gasteiger charge is 2.33. The maximum Gasteiger partial charge on any atom is 0.255 e. The molecule has 1 aliphatic rings. The second kappa shape index (κ2) is 6.17. The number of methoxy groups -OCH3 is 1. The van der Waals surface area contributed by atoms with Crippen LogP contribution in [0.4, 0.5) is 0 Å². The van der Waals surface area contributed by atoms with Crippen molar-refractivity contribution in [2.24, 2.45) is 5.41 Å². The van der Waals surface area contributed by atoms with E-state index in [4.69, 9.17) is 4.74 Å². The summed E-state index contributed by atoms with van der Waals surface area (Å²) in [7, 11) is 1.59. The van der Waals surface area contributed by atoms with Crippen molar-refractivity contribution in [3.8, 4) is 5.75 Å². The normalized spacial score (nSPS) is 21.3. The Kier molecular flexibility index (Phi) is 4.74. The van der Waals surface area contributed by atoms with Crippen LogP contribution in [0.5, 0.6) is 5.75 Å². The first kappa shape index (κ1) is 15.4. The van der Waals surface area contributed by atoms with Gasteiger partial charge < -0.3 is 10.1 Å². The van der Waals surface area contributed by atoms with Gasteiger partial charge in [0.1, 0.15) is 5.75 Å². The molecule has 1 aliphatic carbocycles. The molecule has 0 aliphatic heterocycles. The Morgan fingerprint density at radius 1 is 1.40 bits per heavy atom. The number of amides is 1. The van der Waals surface area contributed by atoms with Crippen molar-refractivity contribution < 1.29 is 9.53 Å². The molecule has 0 bridgehead atoms. The number of ether oxygens (including phenoxy) is 1. The number of hydrogen-bond acceptors (Lipinski definition) is 2. The highest BCUT2D eigenvalue weighted by Crippen LogP contribution is 2.35. The smallest absolute Gasteiger partial charge is 0.255 e. The van der Waals surface area contributed by atoms with Gasteiger partial charge in [-0.25, -0.2) is 0 Å². The summed E-state index contributed by atoms with van der Waals surface area (Å²) in [6.45, 7) is 4.46. The lowest BCUT2D eigenvalue weighted by molar-refractivity contribution is 0.0850. The van der Waals surface area contributed by atoms with Crippen LogP contribution >= 0.6 is 15.9 Å². The fourth-order valence-corrected chi connectivity index (χ4v) is 3.19. The van der Waals surface area contributed by atoms with Gasteiger partial charge in [0.15, 0.2) is 0 Å². The lowest BCUT2D eigenvalue weighted by Gasteiger charge is -2.39. The molecule has 110 valence electrons. The van der Waals surface area contributed by atoms with Gasteiger partial charge in [-0.1, -0.05) is 42.6 Å². The van der Waals surface area contributed by atoms with Crippen LogP contribution in [-0.4, -0.2) is 19.1 Å². The fraction of sp³-hybridized carbons (Fsp3) is 0.562. The molecule has 1 saturated carbocycles. The van der Waals surface area contributed by atoms with E-state index in [1.54, 1.807) is 13.2 Å². The number of halogens is 1. The van der Waals surface area contributed by atoms with E-state index in [1.807, 2.05) is 12.1 Å². The maximum absolute atomic E-state index is 12.5. The van der Waals surface area contributed by atoms with E-state index in [0.717, 1.165) is 17.3 Å². The van der Waals surface area contributed by atoms with Gasteiger partial charge >= 0.3 is 0 Å². The molecule has 1 atom stereocenters. The molecule has 0 radical (unpaired) electrons. The molecular formula is C16H22BrNO2. The minimum Gasteiger partial charge on any atom is -0.496 e. The van der Waals surface area contributed by atoms with Crippen molar-refractivity contribution in [1.29, 1.82) is 0 Å². The van der Waals surface area contributed by atoms with Crippen LogP contribution in [-0.2, 0) is 0 Å². The minimum atomic E-state index is -0.0469. The van der Waals surface area contributed by atoms with E-state index in [-0.39, 0.29) is 17.4 Å². The molecule has 1 aromatic rings. The first-order valence-corrected chi connectivity index (χ1v) is 7.88. The molecule has 0 saturated heterocycles. The average Bonchev–Trinajstić information content (AvgIpc) is 2.40. The Morgan fingerprint density at radius 3 is 2.80 bits per heavy atom. The molecule has 20 heavy (non-hydrogen) atoms. The Bertz CT molecular complexity index is 499. The van der Waals surface area contributed by atoms with E-state index in [0.29, 0.717) is 11.3 Å². The zero-order valence-electron chi connectivity index (χ0n) is 12.3. The zero-order chi connectivity index (χ0) is 14.8. The third-order valence-electron chi connectivity index (χ3n) is 4.22. The van der Waals surface area contributed by atoms with Crippen LogP contribution in [0.3, 0.4) is 0 Å². The summed E-state index contributed by atoms with van der Waals surface area (Å²) in [6.07, 6.45) is 4.65. The first-order valence-electron chi connectivity index (χ1n) is 7.08. The van der Waals surface area contributed by atoms with Gasteiger partial charge in [0.2, 0.25) is 0 Å². The molecule has 1 aromatic carbocycles. The van der Waals surface area contributed by atoms with E-state index < -0.39 is 0 Å². The first-order chi connectivity index (χ1) is 9.44. The third kappa shape index (κ3) is 3.35. The Balaban J connectivity index is 2.16. The summed E-state index contributed by atoms with van der Waals surface area (Å²) in [5.41, 5.74) is 0.758. The van der Waals surface area contributed by atoms with E-state index in [9.17, 15) is 4.79 Å². The summed E-state index contributed by atoms with van der Waals surface area (Å²) >= 11 is 3.39. The van der Waals surface area contributed by atoms with Gasteiger partial charge in [0, 0.05) is 10.5 Å². The Labute approximate surface area is 129 Å². The quantitative estimate of drug-likeness (QED) is 0.897. The molecule has 2 rings (SSSR count). The predicted octanol–water partition coefficient (Wildman–Crippen LogP) is 4.16. The van der Waals surface area contributed by atoms with Gasteiger partial charge in [-0.05, 0) is 36.5 Å². The number of hydrogen-bond donors (Lipinski definition) is 1. The lowest BCUT2D eigenvalue weighted by atomic mass is 9.73. The maximum atomic E-state index is 12.5. The van der Waals surface area contributed by atoms with Crippen LogP contribution in [0.1, 0.15) is 49.9 Å². The third-order valence-corrected chi connectivity index (χ3v) is 4.71. The summed E-state index contributed by atoms with van der Waals surface area (Å²) in [4.78, 5) is 12.5. The highest BCUT2D eigenvalue weighted by molar-refractivity contribution is 9.10. The molecule has 1 amide bonds. The molecule has 1 unspecified atom stereocenters. The summed E-state index contributed by atoms with van der Waals surface area (Å²) in [5.74, 6) is 0.555. The van der Waals surface area contributed by atoms with Crippen molar-refractivity contribution in [3.05, 3.63) is 28.2 Å².